The van der Waals surface area contributed by atoms with E-state index in [0.29, 0.717) is 0 Å². The molecule has 0 unspecified atom stereocenters. The molecule has 0 aliphatic heterocycles. The summed E-state index contributed by atoms with van der Waals surface area (Å²) in [5, 5.41) is 7.89. The summed E-state index contributed by atoms with van der Waals surface area (Å²) in [5.74, 6) is 0. The zero-order valence-corrected chi connectivity index (χ0v) is 10.9. The lowest BCUT2D eigenvalue weighted by Crippen LogP contribution is -2.16. The van der Waals surface area contributed by atoms with E-state index in [4.69, 9.17) is 0 Å². The van der Waals surface area contributed by atoms with Crippen LogP contribution in [0.2, 0.25) is 0 Å². The van der Waals surface area contributed by atoms with Crippen LogP contribution in [-0.2, 0) is 13.0 Å². The van der Waals surface area contributed by atoms with Crippen molar-refractivity contribution >= 4 is 0 Å². The van der Waals surface area contributed by atoms with E-state index >= 15 is 0 Å². The van der Waals surface area contributed by atoms with E-state index in [0.717, 1.165) is 31.7 Å². The average molecular weight is 223 g/mol. The normalized spacial score (nSPS) is 10.9. The number of aromatic nitrogens is 2. The highest BCUT2D eigenvalue weighted by Crippen LogP contribution is 2.07. The van der Waals surface area contributed by atoms with E-state index < -0.39 is 0 Å². The Balaban J connectivity index is 2.21. The first-order chi connectivity index (χ1) is 7.77. The molecule has 0 fully saturated rings. The maximum atomic E-state index is 4.46. The molecule has 1 rings (SSSR count). The van der Waals surface area contributed by atoms with Gasteiger partial charge in [0.05, 0.1) is 5.69 Å². The minimum atomic E-state index is 0.983. The first kappa shape index (κ1) is 13.2. The highest BCUT2D eigenvalue weighted by Gasteiger charge is 2.02. The Labute approximate surface area is 99.2 Å². The molecular formula is C13H25N3. The van der Waals surface area contributed by atoms with Crippen molar-refractivity contribution < 1.29 is 0 Å². The molecule has 0 saturated carbocycles. The summed E-state index contributed by atoms with van der Waals surface area (Å²) in [6.07, 6.45) is 4.89. The van der Waals surface area contributed by atoms with Crippen molar-refractivity contribution in [1.29, 1.82) is 0 Å². The van der Waals surface area contributed by atoms with Gasteiger partial charge < -0.3 is 5.32 Å². The molecular weight excluding hydrogens is 198 g/mol. The summed E-state index contributed by atoms with van der Waals surface area (Å²) >= 11 is 0. The van der Waals surface area contributed by atoms with Crippen LogP contribution < -0.4 is 5.32 Å². The first-order valence-electron chi connectivity index (χ1n) is 6.52. The standard InChI is InChI=1S/C13H25N3/c1-4-9-14-10-7-6-8-13-11-12(3)15-16(13)5-2/h11,14H,4-10H2,1-3H3. The van der Waals surface area contributed by atoms with E-state index in [1.807, 2.05) is 0 Å². The Kier molecular flexibility index (Phi) is 6.16. The van der Waals surface area contributed by atoms with Crippen molar-refractivity contribution in [2.45, 2.75) is 53.0 Å². The number of rotatable bonds is 8. The fourth-order valence-corrected chi connectivity index (χ4v) is 1.93. The van der Waals surface area contributed by atoms with E-state index in [9.17, 15) is 0 Å². The second-order valence-corrected chi connectivity index (χ2v) is 4.30. The van der Waals surface area contributed by atoms with E-state index in [1.165, 1.54) is 25.0 Å². The van der Waals surface area contributed by atoms with Crippen LogP contribution in [0.3, 0.4) is 0 Å². The van der Waals surface area contributed by atoms with Gasteiger partial charge in [-0.1, -0.05) is 6.92 Å². The van der Waals surface area contributed by atoms with E-state index in [2.05, 4.69) is 41.9 Å². The van der Waals surface area contributed by atoms with Gasteiger partial charge in [0.25, 0.3) is 0 Å². The van der Waals surface area contributed by atoms with Crippen LogP contribution in [-0.4, -0.2) is 22.9 Å². The van der Waals surface area contributed by atoms with Gasteiger partial charge in [0.2, 0.25) is 0 Å². The summed E-state index contributed by atoms with van der Waals surface area (Å²) < 4.78 is 2.12. The summed E-state index contributed by atoms with van der Waals surface area (Å²) in [7, 11) is 0. The summed E-state index contributed by atoms with van der Waals surface area (Å²) in [6.45, 7) is 9.70. The Morgan fingerprint density at radius 2 is 2.06 bits per heavy atom. The molecule has 3 heteroatoms. The van der Waals surface area contributed by atoms with Crippen molar-refractivity contribution in [2.24, 2.45) is 0 Å². The van der Waals surface area contributed by atoms with Crippen LogP contribution in [0.15, 0.2) is 6.07 Å². The van der Waals surface area contributed by atoms with Crippen molar-refractivity contribution in [3.8, 4) is 0 Å². The van der Waals surface area contributed by atoms with Gasteiger partial charge in [0.1, 0.15) is 0 Å². The Hall–Kier alpha value is -0.830. The van der Waals surface area contributed by atoms with Gasteiger partial charge in [-0.15, -0.1) is 0 Å². The molecule has 0 saturated heterocycles. The summed E-state index contributed by atoms with van der Waals surface area (Å²) in [4.78, 5) is 0. The first-order valence-corrected chi connectivity index (χ1v) is 6.52. The fourth-order valence-electron chi connectivity index (χ4n) is 1.93. The van der Waals surface area contributed by atoms with Crippen LogP contribution in [0.5, 0.6) is 0 Å². The number of hydrogen-bond donors (Lipinski definition) is 1. The number of hydrogen-bond acceptors (Lipinski definition) is 2. The molecule has 16 heavy (non-hydrogen) atoms. The third-order valence-corrected chi connectivity index (χ3v) is 2.75. The molecule has 1 aromatic heterocycles. The second kappa shape index (κ2) is 7.44. The molecule has 1 aromatic rings. The van der Waals surface area contributed by atoms with Gasteiger partial charge in [0, 0.05) is 12.2 Å². The number of nitrogens with one attached hydrogen (secondary N) is 1. The van der Waals surface area contributed by atoms with Gasteiger partial charge in [-0.05, 0) is 58.7 Å². The SMILES string of the molecule is CCCNCCCCc1cc(C)nn1CC. The molecule has 1 heterocycles. The molecule has 0 bridgehead atoms. The van der Waals surface area contributed by atoms with Crippen molar-refractivity contribution in [3.05, 3.63) is 17.5 Å². The molecule has 0 aliphatic carbocycles. The molecule has 3 nitrogen and oxygen atoms in total. The topological polar surface area (TPSA) is 29.9 Å². The third kappa shape index (κ3) is 4.35. The van der Waals surface area contributed by atoms with Gasteiger partial charge in [0.15, 0.2) is 0 Å². The van der Waals surface area contributed by atoms with Gasteiger partial charge in [-0.25, -0.2) is 0 Å². The third-order valence-electron chi connectivity index (χ3n) is 2.75. The molecule has 0 aliphatic rings. The maximum absolute atomic E-state index is 4.46. The van der Waals surface area contributed by atoms with Gasteiger partial charge >= 0.3 is 0 Å². The predicted octanol–water partition coefficient (Wildman–Crippen LogP) is 2.53. The Morgan fingerprint density at radius 1 is 1.25 bits per heavy atom. The highest BCUT2D eigenvalue weighted by atomic mass is 15.3. The van der Waals surface area contributed by atoms with E-state index in [1.54, 1.807) is 0 Å². The zero-order valence-electron chi connectivity index (χ0n) is 10.9. The lowest BCUT2D eigenvalue weighted by Gasteiger charge is -2.05. The lowest BCUT2D eigenvalue weighted by molar-refractivity contribution is 0.579. The lowest BCUT2D eigenvalue weighted by atomic mass is 10.2. The average Bonchev–Trinajstić information content (AvgIpc) is 2.64. The van der Waals surface area contributed by atoms with Crippen LogP contribution in [0, 0.1) is 6.92 Å². The molecule has 0 radical (unpaired) electrons. The Bertz CT molecular complexity index is 291. The van der Waals surface area contributed by atoms with Crippen LogP contribution in [0.1, 0.15) is 44.5 Å². The highest BCUT2D eigenvalue weighted by molar-refractivity contribution is 5.08. The summed E-state index contributed by atoms with van der Waals surface area (Å²) in [5.41, 5.74) is 2.52. The quantitative estimate of drug-likeness (QED) is 0.686. The predicted molar refractivity (Wildman–Crippen MR) is 68.7 cm³/mol. The number of aryl methyl sites for hydroxylation is 3. The molecule has 0 spiro atoms. The Morgan fingerprint density at radius 3 is 2.75 bits per heavy atom. The van der Waals surface area contributed by atoms with Crippen molar-refractivity contribution in [3.63, 3.8) is 0 Å². The van der Waals surface area contributed by atoms with Crippen LogP contribution in [0.4, 0.5) is 0 Å². The maximum Gasteiger partial charge on any atom is 0.0596 e. The minimum absolute atomic E-state index is 0.983. The van der Waals surface area contributed by atoms with E-state index in [-0.39, 0.29) is 0 Å². The molecule has 0 atom stereocenters. The molecule has 92 valence electrons. The summed E-state index contributed by atoms with van der Waals surface area (Å²) in [6, 6.07) is 2.21. The number of nitrogens with zero attached hydrogens (tertiary/aromatic N) is 2. The monoisotopic (exact) mass is 223 g/mol. The largest absolute Gasteiger partial charge is 0.317 e. The molecule has 1 N–H and O–H groups in total. The van der Waals surface area contributed by atoms with Crippen molar-refractivity contribution in [1.82, 2.24) is 15.1 Å². The minimum Gasteiger partial charge on any atom is -0.317 e. The number of unbranched alkanes of at least 4 members (excludes halogenated alkanes) is 1. The smallest absolute Gasteiger partial charge is 0.0596 e. The van der Waals surface area contributed by atoms with Crippen molar-refractivity contribution in [2.75, 3.05) is 13.1 Å². The van der Waals surface area contributed by atoms with Crippen LogP contribution in [0.25, 0.3) is 0 Å². The second-order valence-electron chi connectivity index (χ2n) is 4.30. The zero-order chi connectivity index (χ0) is 11.8. The molecule has 0 aromatic carbocycles. The van der Waals surface area contributed by atoms with Crippen LogP contribution >= 0.6 is 0 Å². The van der Waals surface area contributed by atoms with Gasteiger partial charge in [-0.3, -0.25) is 4.68 Å². The molecule has 0 amide bonds. The fraction of sp³-hybridized carbons (Fsp3) is 0.769. The van der Waals surface area contributed by atoms with Gasteiger partial charge in [-0.2, -0.15) is 5.10 Å².